The lowest BCUT2D eigenvalue weighted by Gasteiger charge is -2.12. The minimum atomic E-state index is -4.44. The molecule has 104 valence electrons. The highest BCUT2D eigenvalue weighted by atomic mass is 19.4. The van der Waals surface area contributed by atoms with Gasteiger partial charge in [0.1, 0.15) is 0 Å². The second-order valence-electron chi connectivity index (χ2n) is 4.72. The molecule has 0 spiro atoms. The maximum atomic E-state index is 12.5. The van der Waals surface area contributed by atoms with Crippen molar-refractivity contribution in [2.45, 2.75) is 31.5 Å². The van der Waals surface area contributed by atoms with E-state index in [9.17, 15) is 18.0 Å². The first kappa shape index (κ1) is 13.9. The van der Waals surface area contributed by atoms with Gasteiger partial charge in [-0.25, -0.2) is 0 Å². The number of rotatable bonds is 3. The highest BCUT2D eigenvalue weighted by Gasteiger charge is 2.31. The third-order valence-electron chi connectivity index (χ3n) is 3.27. The SMILES string of the molecule is Nc1cc(C(F)(F)F)ccc1C(=O)CC1CCCN1. The van der Waals surface area contributed by atoms with Gasteiger partial charge in [-0.2, -0.15) is 13.2 Å². The van der Waals surface area contributed by atoms with E-state index < -0.39 is 11.7 Å². The molecule has 1 aromatic rings. The molecule has 1 aliphatic rings. The van der Waals surface area contributed by atoms with Crippen LogP contribution < -0.4 is 11.1 Å². The number of benzene rings is 1. The lowest BCUT2D eigenvalue weighted by atomic mass is 9.99. The molecule has 1 unspecified atom stereocenters. The second-order valence-corrected chi connectivity index (χ2v) is 4.72. The number of nitrogens with two attached hydrogens (primary N) is 1. The number of Topliss-reactive ketones (excluding diaryl/α,β-unsaturated/α-hetero) is 1. The fraction of sp³-hybridized carbons (Fsp3) is 0.462. The van der Waals surface area contributed by atoms with E-state index in [0.29, 0.717) is 0 Å². The Morgan fingerprint density at radius 1 is 1.42 bits per heavy atom. The van der Waals surface area contributed by atoms with Gasteiger partial charge in [0.25, 0.3) is 0 Å². The van der Waals surface area contributed by atoms with Gasteiger partial charge in [-0.3, -0.25) is 4.79 Å². The summed E-state index contributed by atoms with van der Waals surface area (Å²) >= 11 is 0. The van der Waals surface area contributed by atoms with Crippen LogP contribution >= 0.6 is 0 Å². The molecule has 0 radical (unpaired) electrons. The van der Waals surface area contributed by atoms with Crippen LogP contribution in [0, 0.1) is 0 Å². The Kier molecular flexibility index (Phi) is 3.80. The molecule has 1 aliphatic heterocycles. The number of anilines is 1. The molecule has 3 N–H and O–H groups in total. The monoisotopic (exact) mass is 272 g/mol. The van der Waals surface area contributed by atoms with E-state index in [0.717, 1.165) is 37.6 Å². The van der Waals surface area contributed by atoms with Crippen LogP contribution in [0.3, 0.4) is 0 Å². The van der Waals surface area contributed by atoms with Gasteiger partial charge >= 0.3 is 6.18 Å². The Balaban J connectivity index is 2.14. The standard InChI is InChI=1S/C13H15F3N2O/c14-13(15,16)8-3-4-10(11(17)6-8)12(19)7-9-2-1-5-18-9/h3-4,6,9,18H,1-2,5,7,17H2. The smallest absolute Gasteiger partial charge is 0.398 e. The molecular formula is C13H15F3N2O. The van der Waals surface area contributed by atoms with Crippen molar-refractivity contribution in [1.29, 1.82) is 0 Å². The van der Waals surface area contributed by atoms with Gasteiger partial charge in [0.05, 0.1) is 5.56 Å². The third-order valence-corrected chi connectivity index (χ3v) is 3.27. The lowest BCUT2D eigenvalue weighted by Crippen LogP contribution is -2.25. The number of nitrogens with one attached hydrogen (secondary N) is 1. The van der Waals surface area contributed by atoms with Crippen LogP contribution in [0.25, 0.3) is 0 Å². The zero-order valence-corrected chi connectivity index (χ0v) is 10.3. The van der Waals surface area contributed by atoms with E-state index in [2.05, 4.69) is 5.32 Å². The number of nitrogen functional groups attached to an aromatic ring is 1. The number of carbonyl (C=O) groups is 1. The molecule has 1 fully saturated rings. The minimum absolute atomic E-state index is 0.106. The Bertz CT molecular complexity index is 479. The Morgan fingerprint density at radius 3 is 2.68 bits per heavy atom. The van der Waals surface area contributed by atoms with E-state index in [-0.39, 0.29) is 29.5 Å². The molecule has 0 aliphatic carbocycles. The van der Waals surface area contributed by atoms with Gasteiger partial charge in [0.2, 0.25) is 0 Å². The molecule has 1 saturated heterocycles. The molecule has 1 aromatic carbocycles. The van der Waals surface area contributed by atoms with E-state index in [1.54, 1.807) is 0 Å². The topological polar surface area (TPSA) is 55.1 Å². The van der Waals surface area contributed by atoms with E-state index in [1.165, 1.54) is 0 Å². The molecule has 0 amide bonds. The summed E-state index contributed by atoms with van der Waals surface area (Å²) in [5.41, 5.74) is 4.77. The number of alkyl halides is 3. The van der Waals surface area contributed by atoms with Crippen LogP contribution in [0.5, 0.6) is 0 Å². The van der Waals surface area contributed by atoms with Crippen molar-refractivity contribution in [3.8, 4) is 0 Å². The van der Waals surface area contributed by atoms with Crippen LogP contribution in [0.1, 0.15) is 35.2 Å². The number of carbonyl (C=O) groups excluding carboxylic acids is 1. The van der Waals surface area contributed by atoms with Gasteiger partial charge in [-0.05, 0) is 37.6 Å². The van der Waals surface area contributed by atoms with Crippen molar-refractivity contribution in [2.24, 2.45) is 0 Å². The maximum Gasteiger partial charge on any atom is 0.416 e. The molecule has 1 heterocycles. The number of ketones is 1. The zero-order chi connectivity index (χ0) is 14.0. The van der Waals surface area contributed by atoms with Gasteiger partial charge in [-0.1, -0.05) is 0 Å². The molecular weight excluding hydrogens is 257 g/mol. The van der Waals surface area contributed by atoms with Crippen LogP contribution in [0.4, 0.5) is 18.9 Å². The number of hydrogen-bond donors (Lipinski definition) is 2. The molecule has 3 nitrogen and oxygen atoms in total. The van der Waals surface area contributed by atoms with E-state index in [4.69, 9.17) is 5.73 Å². The zero-order valence-electron chi connectivity index (χ0n) is 10.3. The minimum Gasteiger partial charge on any atom is -0.398 e. The van der Waals surface area contributed by atoms with Crippen molar-refractivity contribution in [1.82, 2.24) is 5.32 Å². The summed E-state index contributed by atoms with van der Waals surface area (Å²) in [6.45, 7) is 0.875. The number of hydrogen-bond acceptors (Lipinski definition) is 3. The molecule has 6 heteroatoms. The first-order valence-corrected chi connectivity index (χ1v) is 6.11. The quantitative estimate of drug-likeness (QED) is 0.657. The van der Waals surface area contributed by atoms with Gasteiger partial charge in [0.15, 0.2) is 5.78 Å². The predicted molar refractivity (Wildman–Crippen MR) is 65.8 cm³/mol. The van der Waals surface area contributed by atoms with Crippen LogP contribution in [0.15, 0.2) is 18.2 Å². The van der Waals surface area contributed by atoms with Gasteiger partial charge in [0, 0.05) is 23.7 Å². The average molecular weight is 272 g/mol. The molecule has 0 saturated carbocycles. The number of halogens is 3. The van der Waals surface area contributed by atoms with Crippen molar-refractivity contribution < 1.29 is 18.0 Å². The summed E-state index contributed by atoms with van der Waals surface area (Å²) in [7, 11) is 0. The summed E-state index contributed by atoms with van der Waals surface area (Å²) in [5, 5.41) is 3.17. The fourth-order valence-corrected chi connectivity index (χ4v) is 2.26. The third kappa shape index (κ3) is 3.26. The first-order valence-electron chi connectivity index (χ1n) is 6.11. The lowest BCUT2D eigenvalue weighted by molar-refractivity contribution is -0.137. The summed E-state index contributed by atoms with van der Waals surface area (Å²) in [6, 6.07) is 2.98. The van der Waals surface area contributed by atoms with E-state index in [1.807, 2.05) is 0 Å². The Hall–Kier alpha value is -1.56. The van der Waals surface area contributed by atoms with Gasteiger partial charge < -0.3 is 11.1 Å². The molecule has 2 rings (SSSR count). The van der Waals surface area contributed by atoms with Gasteiger partial charge in [-0.15, -0.1) is 0 Å². The van der Waals surface area contributed by atoms with Crippen molar-refractivity contribution in [3.63, 3.8) is 0 Å². The summed E-state index contributed by atoms with van der Waals surface area (Å²) in [4.78, 5) is 12.0. The Labute approximate surface area is 109 Å². The largest absolute Gasteiger partial charge is 0.416 e. The van der Waals surface area contributed by atoms with Crippen LogP contribution in [0.2, 0.25) is 0 Å². The summed E-state index contributed by atoms with van der Waals surface area (Å²) in [5.74, 6) is -0.217. The second kappa shape index (κ2) is 5.21. The van der Waals surface area contributed by atoms with Crippen LogP contribution in [-0.4, -0.2) is 18.4 Å². The molecule has 0 bridgehead atoms. The highest BCUT2D eigenvalue weighted by Crippen LogP contribution is 2.31. The van der Waals surface area contributed by atoms with E-state index >= 15 is 0 Å². The summed E-state index contributed by atoms with van der Waals surface area (Å²) in [6.07, 6.45) is -2.25. The Morgan fingerprint density at radius 2 is 2.16 bits per heavy atom. The molecule has 19 heavy (non-hydrogen) atoms. The van der Waals surface area contributed by atoms with Crippen molar-refractivity contribution in [2.75, 3.05) is 12.3 Å². The fourth-order valence-electron chi connectivity index (χ4n) is 2.26. The normalized spacial score (nSPS) is 19.6. The van der Waals surface area contributed by atoms with Crippen LogP contribution in [-0.2, 0) is 6.18 Å². The molecule has 1 atom stereocenters. The van der Waals surface area contributed by atoms with Crippen molar-refractivity contribution >= 4 is 11.5 Å². The predicted octanol–water partition coefficient (Wildman–Crippen LogP) is 2.61. The van der Waals surface area contributed by atoms with Crippen molar-refractivity contribution in [3.05, 3.63) is 29.3 Å². The maximum absolute atomic E-state index is 12.5. The summed E-state index contributed by atoms with van der Waals surface area (Å²) < 4.78 is 37.4. The average Bonchev–Trinajstić information content (AvgIpc) is 2.80. The highest BCUT2D eigenvalue weighted by molar-refractivity contribution is 6.01. The first-order chi connectivity index (χ1) is 8.88. The molecule has 0 aromatic heterocycles.